The number of carbonyl (C=O) groups excluding carboxylic acids is 8. The monoisotopic (exact) mass is 1460 g/mol. The van der Waals surface area contributed by atoms with Crippen LogP contribution in [0.2, 0.25) is 0 Å². The lowest BCUT2D eigenvalue weighted by Gasteiger charge is -2.49. The lowest BCUT2D eigenvalue weighted by molar-refractivity contribution is -0.0871. The quantitative estimate of drug-likeness (QED) is 0.181. The Kier molecular flexibility index (Phi) is 14.6. The molecule has 0 bridgehead atoms. The van der Waals surface area contributed by atoms with Crippen LogP contribution in [0, 0.1) is 0 Å². The van der Waals surface area contributed by atoms with E-state index in [9.17, 15) is 0 Å². The van der Waals surface area contributed by atoms with Gasteiger partial charge < -0.3 is 43.5 Å². The average molecular weight is 1460 g/mol. The first-order valence-electron chi connectivity index (χ1n) is 27.1. The van der Waals surface area contributed by atoms with Crippen LogP contribution in [0.3, 0.4) is 0 Å². The number of rotatable bonds is 12. The van der Waals surface area contributed by atoms with Gasteiger partial charge in [0, 0.05) is 43.6 Å². The molecule has 32 nitrogen and oxygen atoms in total. The Morgan fingerprint density at radius 1 is 0.326 bits per heavy atom. The number of benzene rings is 2. The van der Waals surface area contributed by atoms with Gasteiger partial charge in [-0.15, -0.1) is 0 Å². The molecule has 16 N–H and O–H groups in total. The van der Waals surface area contributed by atoms with Crippen LogP contribution in [0.1, 0.15) is 49.9 Å². The van der Waals surface area contributed by atoms with Crippen LogP contribution in [-0.2, 0) is 26.2 Å². The minimum atomic E-state index is -1.48. The third-order valence-corrected chi connectivity index (χ3v) is 21.3. The van der Waals surface area contributed by atoms with Crippen LogP contribution in [0.15, 0.2) is 24.3 Å². The molecule has 11 saturated heterocycles. The Morgan fingerprint density at radius 2 is 0.512 bits per heavy atom. The van der Waals surface area contributed by atoms with Crippen molar-refractivity contribution in [2.45, 2.75) is 101 Å². The van der Waals surface area contributed by atoms with E-state index in [1.807, 2.05) is 13.8 Å². The predicted molar refractivity (Wildman–Crippen MR) is 319 cm³/mol. The summed E-state index contributed by atoms with van der Waals surface area (Å²) < 4.78 is 24.9. The molecule has 0 aromatic heterocycles. The van der Waals surface area contributed by atoms with Gasteiger partial charge in [-0.3, -0.25) is 78.4 Å². The van der Waals surface area contributed by atoms with E-state index in [0.29, 0.717) is 93.0 Å². The van der Waals surface area contributed by atoms with Crippen LogP contribution < -0.4 is 43.5 Å². The molecule has 468 valence electrons. The highest BCUT2D eigenvalue weighted by atomic mass is 79.9. The first-order valence-corrected chi connectivity index (χ1v) is 31.6. The van der Waals surface area contributed by atoms with Gasteiger partial charge in [0.2, 0.25) is 0 Å². The average Bonchev–Trinajstić information content (AvgIpc) is 1.52. The van der Waals surface area contributed by atoms with Crippen molar-refractivity contribution in [3.8, 4) is 23.0 Å². The highest BCUT2D eigenvalue weighted by Crippen LogP contribution is 2.59. The second-order valence-electron chi connectivity index (χ2n) is 22.8. The number of amides is 16. The maximum atomic E-state index is 15.5. The molecule has 13 heterocycles. The van der Waals surface area contributed by atoms with Crippen LogP contribution in [0.5, 0.6) is 23.0 Å². The van der Waals surface area contributed by atoms with Crippen molar-refractivity contribution < 1.29 is 57.3 Å². The van der Waals surface area contributed by atoms with Crippen LogP contribution in [-0.4, -0.2) is 262 Å². The number of alkyl halides is 4. The number of carbonyl (C=O) groups is 8. The zero-order valence-corrected chi connectivity index (χ0v) is 55.3. The number of fused-ring (bicyclic) bond motifs is 2. The second kappa shape index (κ2) is 20.6. The normalized spacial score (nSPS) is 30.8. The summed E-state index contributed by atoms with van der Waals surface area (Å²) in [5, 5.41) is 2.18. The summed E-state index contributed by atoms with van der Waals surface area (Å²) in [5.41, 5.74) is -3.02. The molecule has 86 heavy (non-hydrogen) atoms. The Hall–Kier alpha value is -6.44. The Morgan fingerprint density at radius 3 is 0.709 bits per heavy atom. The number of ether oxygens (including phenoxy) is 4. The molecule has 2 aromatic rings. The first-order chi connectivity index (χ1) is 39.4. The van der Waals surface area contributed by atoms with E-state index in [0.717, 1.165) is 0 Å². The largest absolute Gasteiger partial charge is 0.492 e. The summed E-state index contributed by atoms with van der Waals surface area (Å²) in [5.74, 6) is 2.12. The maximum absolute atomic E-state index is 15.5. The molecule has 2 aromatic carbocycles. The minimum absolute atomic E-state index is 0. The molecule has 13 aliphatic heterocycles. The van der Waals surface area contributed by atoms with Crippen molar-refractivity contribution in [1.82, 2.24) is 103 Å². The van der Waals surface area contributed by atoms with Crippen molar-refractivity contribution >= 4 is 112 Å². The number of quaternary nitrogens is 4. The summed E-state index contributed by atoms with van der Waals surface area (Å²) in [6.07, 6.45) is -4.42. The van der Waals surface area contributed by atoms with Gasteiger partial charge in [0.1, 0.15) is 63.0 Å². The number of hydrogen-bond donors (Lipinski definition) is 4. The van der Waals surface area contributed by atoms with Gasteiger partial charge >= 0.3 is 48.2 Å². The van der Waals surface area contributed by atoms with Crippen LogP contribution >= 0.6 is 63.7 Å². The Bertz CT molecular complexity index is 2890. The summed E-state index contributed by atoms with van der Waals surface area (Å²) in [7, 11) is 0. The zero-order valence-electron chi connectivity index (χ0n) is 48.9. The summed E-state index contributed by atoms with van der Waals surface area (Å²) in [6, 6.07) is 3.02. The SMILES string of the molecule is CC12N3Cc4c(OCCBr)ccc(OCCBr)c4CN1C(=O)N1CN4C(=O)N5CN6C(=O)N7CN8C(=O)N9Cc%10c(OCCBr)ccc(OCCBr)c%10CN%10C(=O)N(CN%11C(=O)N(CN%12C(=O)N(CN(C3=O)C12C)C4C%125)C6C%117)C8(C)C%109C.[NH4+].[NH4+].[NH4+].[NH4+]. The van der Waals surface area contributed by atoms with Gasteiger partial charge in [0.05, 0.1) is 52.6 Å². The van der Waals surface area contributed by atoms with Gasteiger partial charge in [0.15, 0.2) is 47.3 Å². The minimum Gasteiger partial charge on any atom is -0.492 e. The van der Waals surface area contributed by atoms with Crippen molar-refractivity contribution in [3.63, 3.8) is 0 Å². The van der Waals surface area contributed by atoms with Crippen LogP contribution in [0.25, 0.3) is 0 Å². The Balaban J connectivity index is 0.00000192. The molecule has 36 heteroatoms. The molecule has 11 fully saturated rings. The van der Waals surface area contributed by atoms with Gasteiger partial charge in [-0.05, 0) is 52.0 Å². The molecular formula is C50H72Br4N20O12+4. The summed E-state index contributed by atoms with van der Waals surface area (Å²) >= 11 is 13.8. The van der Waals surface area contributed by atoms with E-state index in [-0.39, 0.29) is 77.5 Å². The third kappa shape index (κ3) is 7.07. The fourth-order valence-corrected chi connectivity index (χ4v) is 16.4. The smallest absolute Gasteiger partial charge is 0.326 e. The van der Waals surface area contributed by atoms with Crippen LogP contribution in [0.4, 0.5) is 38.4 Å². The standard InChI is InChI=1S/C50H56Br4N16O12.4H3N/c1-47-49(3)67-23-59-37-35-55(39(59)71)21-57-36-38-61(41(57)73)25-69-45(77)65-19-29-30(34(82-16-12-54)8-7-33(29)81-15-11-53)20-66-46(78)70(50(69,4)48(65,66)2)26-62(38)42(74)58(36)22-56(35)40(72)60(37)24-68(49)44(76)64(47)18-28-27(17-63(47)43(67)75)31(79-13-9-51)5-6-32(28)80-14-10-52;;;;/h5-8,35-38H,9-26H2,1-4H3;4*1H3/p+4. The van der Waals surface area contributed by atoms with E-state index < -0.39 is 109 Å². The molecule has 15 rings (SSSR count). The van der Waals surface area contributed by atoms with Crippen molar-refractivity contribution in [2.24, 2.45) is 0 Å². The molecular weight excluding hydrogens is 1390 g/mol. The zero-order chi connectivity index (χ0) is 57.2. The second-order valence-corrected chi connectivity index (χ2v) is 26.0. The third-order valence-electron chi connectivity index (χ3n) is 20.0. The fraction of sp³-hybridized carbons (Fsp3) is 0.600. The van der Waals surface area contributed by atoms with E-state index in [2.05, 4.69) is 63.7 Å². The molecule has 0 unspecified atom stereocenters. The Labute approximate surface area is 527 Å². The molecule has 0 aliphatic carbocycles. The van der Waals surface area contributed by atoms with E-state index in [4.69, 9.17) is 18.9 Å². The summed E-state index contributed by atoms with van der Waals surface area (Å²) in [6.45, 7) is 6.44. The van der Waals surface area contributed by atoms with E-state index >= 15 is 38.4 Å². The van der Waals surface area contributed by atoms with Gasteiger partial charge in [-0.2, -0.15) is 0 Å². The molecule has 0 atom stereocenters. The molecule has 0 radical (unpaired) electrons. The number of urea groups is 8. The molecule has 0 spiro atoms. The lowest BCUT2D eigenvalue weighted by Crippen LogP contribution is -2.69. The van der Waals surface area contributed by atoms with E-state index in [1.54, 1.807) is 57.7 Å². The van der Waals surface area contributed by atoms with Crippen molar-refractivity contribution in [2.75, 3.05) is 87.8 Å². The van der Waals surface area contributed by atoms with Gasteiger partial charge in [-0.25, -0.2) is 38.4 Å². The van der Waals surface area contributed by atoms with Gasteiger partial charge in [-0.1, -0.05) is 63.7 Å². The van der Waals surface area contributed by atoms with Crippen molar-refractivity contribution in [3.05, 3.63) is 46.5 Å². The summed E-state index contributed by atoms with van der Waals surface area (Å²) in [4.78, 5) is 148. The highest BCUT2D eigenvalue weighted by molar-refractivity contribution is 9.09. The molecule has 13 aliphatic rings. The highest BCUT2D eigenvalue weighted by Gasteiger charge is 2.80. The van der Waals surface area contributed by atoms with Gasteiger partial charge in [0.25, 0.3) is 0 Å². The maximum Gasteiger partial charge on any atom is 0.326 e. The number of nitrogens with zero attached hydrogens (tertiary/aromatic N) is 16. The van der Waals surface area contributed by atoms with Crippen molar-refractivity contribution in [1.29, 1.82) is 0 Å². The first kappa shape index (κ1) is 61.2. The molecule has 0 saturated carbocycles. The topological polar surface area (TPSA) is 371 Å². The van der Waals surface area contributed by atoms with E-state index in [1.165, 1.54) is 58.8 Å². The number of halogens is 4. The predicted octanol–water partition coefficient (Wildman–Crippen LogP) is 5.87. The lowest BCUT2D eigenvalue weighted by atomic mass is 9.95. The molecule has 16 amide bonds. The number of hydrogen-bond acceptors (Lipinski definition) is 12. The fourth-order valence-electron chi connectivity index (χ4n) is 15.8.